The smallest absolute Gasteiger partial charge is 0.138 e. The summed E-state index contributed by atoms with van der Waals surface area (Å²) < 4.78 is 7.71. The lowest BCUT2D eigenvalue weighted by Crippen LogP contribution is -2.33. The molecule has 21 heavy (non-hydrogen) atoms. The number of ether oxygens (including phenoxy) is 1. The van der Waals surface area contributed by atoms with Crippen LogP contribution in [-0.2, 0) is 26.6 Å². The van der Waals surface area contributed by atoms with Gasteiger partial charge in [-0.2, -0.15) is 5.10 Å². The van der Waals surface area contributed by atoms with E-state index in [0.717, 1.165) is 31.0 Å². The molecule has 0 aromatic carbocycles. The summed E-state index contributed by atoms with van der Waals surface area (Å²) in [5, 5.41) is 13.7. The van der Waals surface area contributed by atoms with E-state index in [4.69, 9.17) is 9.84 Å². The molecule has 0 amide bonds. The molecule has 1 N–H and O–H groups in total. The maximum absolute atomic E-state index is 9.10. The van der Waals surface area contributed by atoms with Crippen LogP contribution >= 0.6 is 0 Å². The summed E-state index contributed by atoms with van der Waals surface area (Å²) in [6, 6.07) is 3.74. The predicted molar refractivity (Wildman–Crippen MR) is 77.8 cm³/mol. The second-order valence-corrected chi connectivity index (χ2v) is 5.22. The Bertz CT molecular complexity index is 597. The largest absolute Gasteiger partial charge is 0.486 e. The maximum Gasteiger partial charge on any atom is 0.138 e. The fourth-order valence-corrected chi connectivity index (χ4v) is 2.76. The van der Waals surface area contributed by atoms with Crippen LogP contribution in [0.4, 0.5) is 0 Å². The minimum absolute atomic E-state index is 0.192. The van der Waals surface area contributed by atoms with Crippen LogP contribution in [0.1, 0.15) is 17.0 Å². The molecule has 112 valence electrons. The molecule has 0 unspecified atom stereocenters. The van der Waals surface area contributed by atoms with E-state index < -0.39 is 0 Å². The molecule has 0 fully saturated rings. The Morgan fingerprint density at radius 2 is 2.33 bits per heavy atom. The first-order valence-corrected chi connectivity index (χ1v) is 7.17. The molecule has 2 aromatic rings. The van der Waals surface area contributed by atoms with E-state index in [1.165, 1.54) is 11.3 Å². The van der Waals surface area contributed by atoms with Crippen molar-refractivity contribution < 1.29 is 9.84 Å². The predicted octanol–water partition coefficient (Wildman–Crippen LogP) is 0.744. The first-order valence-electron chi connectivity index (χ1n) is 7.17. The normalized spacial score (nSPS) is 15.0. The van der Waals surface area contributed by atoms with E-state index in [1.54, 1.807) is 12.4 Å². The van der Waals surface area contributed by atoms with Crippen LogP contribution in [-0.4, -0.2) is 44.5 Å². The molecular formula is C15H20N4O2. The number of hydrogen-bond acceptors (Lipinski definition) is 5. The van der Waals surface area contributed by atoms with Gasteiger partial charge in [0, 0.05) is 50.6 Å². The summed E-state index contributed by atoms with van der Waals surface area (Å²) >= 11 is 0. The topological polar surface area (TPSA) is 63.4 Å². The lowest BCUT2D eigenvalue weighted by Gasteiger charge is -2.26. The number of hydrogen-bond donors (Lipinski definition) is 1. The molecule has 6 nitrogen and oxygen atoms in total. The standard InChI is InChI=1S/C15H20N4O2/c1-18-15-4-6-19(7-8-20)10-13(15)14(17-18)11-21-12-3-2-5-16-9-12/h2-3,5,9,20H,4,6-8,10-11H2,1H3. The number of rotatable bonds is 5. The van der Waals surface area contributed by atoms with Gasteiger partial charge in [-0.25, -0.2) is 0 Å². The first kappa shape index (κ1) is 14.0. The van der Waals surface area contributed by atoms with Crippen LogP contribution in [0.5, 0.6) is 5.75 Å². The van der Waals surface area contributed by atoms with Crippen molar-refractivity contribution >= 4 is 0 Å². The second-order valence-electron chi connectivity index (χ2n) is 5.22. The van der Waals surface area contributed by atoms with Crippen molar-refractivity contribution in [3.63, 3.8) is 0 Å². The van der Waals surface area contributed by atoms with Crippen molar-refractivity contribution in [1.29, 1.82) is 0 Å². The van der Waals surface area contributed by atoms with Crippen molar-refractivity contribution in [2.45, 2.75) is 19.6 Å². The highest BCUT2D eigenvalue weighted by Crippen LogP contribution is 2.23. The average molecular weight is 288 g/mol. The molecule has 6 heteroatoms. The van der Waals surface area contributed by atoms with Gasteiger partial charge in [0.25, 0.3) is 0 Å². The third kappa shape index (κ3) is 3.06. The van der Waals surface area contributed by atoms with Gasteiger partial charge >= 0.3 is 0 Å². The summed E-state index contributed by atoms with van der Waals surface area (Å²) in [4.78, 5) is 6.29. The molecule has 1 aliphatic heterocycles. The Morgan fingerprint density at radius 3 is 3.10 bits per heavy atom. The molecule has 0 aliphatic carbocycles. The van der Waals surface area contributed by atoms with Crippen molar-refractivity contribution in [2.75, 3.05) is 19.7 Å². The van der Waals surface area contributed by atoms with Crippen molar-refractivity contribution in [3.8, 4) is 5.75 Å². The van der Waals surface area contributed by atoms with Gasteiger partial charge in [0.1, 0.15) is 18.1 Å². The number of aryl methyl sites for hydroxylation is 1. The zero-order valence-corrected chi connectivity index (χ0v) is 12.2. The van der Waals surface area contributed by atoms with Crippen LogP contribution in [0.3, 0.4) is 0 Å². The van der Waals surface area contributed by atoms with Gasteiger partial charge in [-0.05, 0) is 12.1 Å². The minimum Gasteiger partial charge on any atom is -0.486 e. The number of aliphatic hydroxyl groups is 1. The Hall–Kier alpha value is -1.92. The molecule has 0 saturated carbocycles. The monoisotopic (exact) mass is 288 g/mol. The van der Waals surface area contributed by atoms with Gasteiger partial charge in [0.2, 0.25) is 0 Å². The number of nitrogens with zero attached hydrogens (tertiary/aromatic N) is 4. The van der Waals surface area contributed by atoms with Gasteiger partial charge in [-0.3, -0.25) is 14.6 Å². The molecular weight excluding hydrogens is 268 g/mol. The summed E-state index contributed by atoms with van der Waals surface area (Å²) in [5.74, 6) is 0.750. The first-order chi connectivity index (χ1) is 10.3. The number of aromatic nitrogens is 3. The van der Waals surface area contributed by atoms with Gasteiger partial charge < -0.3 is 9.84 Å². The van der Waals surface area contributed by atoms with Gasteiger partial charge in [0.15, 0.2) is 0 Å². The molecule has 2 aromatic heterocycles. The third-order valence-corrected chi connectivity index (χ3v) is 3.83. The highest BCUT2D eigenvalue weighted by atomic mass is 16.5. The highest BCUT2D eigenvalue weighted by Gasteiger charge is 2.23. The van der Waals surface area contributed by atoms with Crippen molar-refractivity contribution in [2.24, 2.45) is 7.05 Å². The van der Waals surface area contributed by atoms with Crippen LogP contribution in [0.2, 0.25) is 0 Å². The zero-order valence-electron chi connectivity index (χ0n) is 12.2. The molecule has 3 heterocycles. The number of fused-ring (bicyclic) bond motifs is 1. The quantitative estimate of drug-likeness (QED) is 0.879. The van der Waals surface area contributed by atoms with E-state index in [0.29, 0.717) is 13.2 Å². The van der Waals surface area contributed by atoms with E-state index in [2.05, 4.69) is 15.0 Å². The fraction of sp³-hybridized carbons (Fsp3) is 0.467. The molecule has 0 spiro atoms. The van der Waals surface area contributed by atoms with Crippen molar-refractivity contribution in [1.82, 2.24) is 19.7 Å². The molecule has 0 bridgehead atoms. The Labute approximate surface area is 124 Å². The van der Waals surface area contributed by atoms with Crippen LogP contribution in [0.25, 0.3) is 0 Å². The molecule has 0 atom stereocenters. The molecule has 0 radical (unpaired) electrons. The van der Waals surface area contributed by atoms with E-state index in [9.17, 15) is 0 Å². The lowest BCUT2D eigenvalue weighted by atomic mass is 10.1. The maximum atomic E-state index is 9.10. The zero-order chi connectivity index (χ0) is 14.7. The van der Waals surface area contributed by atoms with Crippen LogP contribution < -0.4 is 4.74 Å². The minimum atomic E-state index is 0.192. The number of aliphatic hydroxyl groups excluding tert-OH is 1. The summed E-state index contributed by atoms with van der Waals surface area (Å²) in [6.45, 7) is 3.14. The second kappa shape index (κ2) is 6.24. The van der Waals surface area contributed by atoms with Crippen molar-refractivity contribution in [3.05, 3.63) is 41.5 Å². The Kier molecular flexibility index (Phi) is 4.17. The van der Waals surface area contributed by atoms with E-state index >= 15 is 0 Å². The third-order valence-electron chi connectivity index (χ3n) is 3.83. The fourth-order valence-electron chi connectivity index (χ4n) is 2.76. The molecule has 1 aliphatic rings. The van der Waals surface area contributed by atoms with Gasteiger partial charge in [0.05, 0.1) is 12.8 Å². The van der Waals surface area contributed by atoms with Crippen LogP contribution in [0, 0.1) is 0 Å². The Balaban J connectivity index is 1.74. The van der Waals surface area contributed by atoms with Crippen LogP contribution in [0.15, 0.2) is 24.5 Å². The highest BCUT2D eigenvalue weighted by molar-refractivity contribution is 5.29. The lowest BCUT2D eigenvalue weighted by molar-refractivity contribution is 0.182. The number of pyridine rings is 1. The summed E-state index contributed by atoms with van der Waals surface area (Å²) in [7, 11) is 1.98. The summed E-state index contributed by atoms with van der Waals surface area (Å²) in [5.41, 5.74) is 3.48. The van der Waals surface area contributed by atoms with E-state index in [1.807, 2.05) is 23.9 Å². The average Bonchev–Trinajstić information content (AvgIpc) is 2.83. The summed E-state index contributed by atoms with van der Waals surface area (Å²) in [6.07, 6.45) is 4.39. The number of β-amino-alcohol motifs (C(OH)–C–C–N with tert-alkyl or cyclic N) is 1. The van der Waals surface area contributed by atoms with Gasteiger partial charge in [-0.1, -0.05) is 0 Å². The molecule has 3 rings (SSSR count). The van der Waals surface area contributed by atoms with E-state index in [-0.39, 0.29) is 6.61 Å². The molecule has 0 saturated heterocycles. The Morgan fingerprint density at radius 1 is 1.43 bits per heavy atom. The SMILES string of the molecule is Cn1nc(COc2cccnc2)c2c1CCN(CCO)C2. The van der Waals surface area contributed by atoms with Gasteiger partial charge in [-0.15, -0.1) is 0 Å².